The number of Topliss-reactive ketones (excluding diaryl/α,β-unsaturated/α-hetero) is 1. The Labute approximate surface area is 121 Å². The van der Waals surface area contributed by atoms with Gasteiger partial charge in [-0.25, -0.2) is 4.98 Å². The van der Waals surface area contributed by atoms with Crippen LogP contribution < -0.4 is 0 Å². The first kappa shape index (κ1) is 13.8. The van der Waals surface area contributed by atoms with Crippen molar-refractivity contribution in [3.63, 3.8) is 0 Å². The molecule has 0 saturated carbocycles. The third kappa shape index (κ3) is 2.72. The number of hydrogen-bond donors (Lipinski definition) is 0. The molecule has 19 heavy (non-hydrogen) atoms. The van der Waals surface area contributed by atoms with Crippen LogP contribution in [-0.2, 0) is 0 Å². The molecule has 0 atom stereocenters. The van der Waals surface area contributed by atoms with Crippen LogP contribution in [-0.4, -0.2) is 15.3 Å². The zero-order chi connectivity index (χ0) is 14.0. The van der Waals surface area contributed by atoms with E-state index in [1.165, 1.54) is 0 Å². The fraction of sp³-hybridized carbons (Fsp3) is 0.143. The summed E-state index contributed by atoms with van der Waals surface area (Å²) in [5.74, 6) is 0.580. The highest BCUT2D eigenvalue weighted by molar-refractivity contribution is 6.39. The SMILES string of the molecule is CC=C(C(=O)c1ccc(Cl)cc1Cl)n1ccnc1C. The van der Waals surface area contributed by atoms with Gasteiger partial charge in [-0.15, -0.1) is 0 Å². The van der Waals surface area contributed by atoms with E-state index in [-0.39, 0.29) is 5.78 Å². The van der Waals surface area contributed by atoms with Gasteiger partial charge in [0.25, 0.3) is 0 Å². The Morgan fingerprint density at radius 3 is 2.63 bits per heavy atom. The van der Waals surface area contributed by atoms with Gasteiger partial charge in [-0.3, -0.25) is 4.79 Å². The highest BCUT2D eigenvalue weighted by Crippen LogP contribution is 2.25. The number of imidazole rings is 1. The molecule has 0 aliphatic heterocycles. The molecular formula is C14H12Cl2N2O. The standard InChI is InChI=1S/C14H12Cl2N2O/c1-3-13(18-7-6-17-9(18)2)14(19)11-5-4-10(15)8-12(11)16/h3-8H,1-2H3. The lowest BCUT2D eigenvalue weighted by atomic mass is 10.1. The molecule has 0 spiro atoms. The summed E-state index contributed by atoms with van der Waals surface area (Å²) >= 11 is 11.9. The van der Waals surface area contributed by atoms with Crippen molar-refractivity contribution in [2.45, 2.75) is 13.8 Å². The van der Waals surface area contributed by atoms with Crippen LogP contribution in [0.25, 0.3) is 5.70 Å². The topological polar surface area (TPSA) is 34.9 Å². The Kier molecular flexibility index (Phi) is 4.08. The van der Waals surface area contributed by atoms with E-state index in [2.05, 4.69) is 4.98 Å². The molecule has 0 amide bonds. The normalized spacial score (nSPS) is 11.7. The van der Waals surface area contributed by atoms with Gasteiger partial charge in [0, 0.05) is 23.0 Å². The summed E-state index contributed by atoms with van der Waals surface area (Å²) in [4.78, 5) is 16.6. The van der Waals surface area contributed by atoms with Crippen molar-refractivity contribution in [2.75, 3.05) is 0 Å². The molecule has 0 bridgehead atoms. The summed E-state index contributed by atoms with van der Waals surface area (Å²) in [5.41, 5.74) is 0.937. The maximum Gasteiger partial charge on any atom is 0.210 e. The van der Waals surface area contributed by atoms with Gasteiger partial charge in [-0.05, 0) is 32.0 Å². The number of ketones is 1. The van der Waals surface area contributed by atoms with Crippen LogP contribution in [0.15, 0.2) is 36.7 Å². The number of rotatable bonds is 3. The Bertz CT molecular complexity index is 659. The molecular weight excluding hydrogens is 283 g/mol. The summed E-state index contributed by atoms with van der Waals surface area (Å²) in [7, 11) is 0. The molecule has 0 aliphatic carbocycles. The summed E-state index contributed by atoms with van der Waals surface area (Å²) < 4.78 is 1.73. The zero-order valence-electron chi connectivity index (χ0n) is 10.5. The van der Waals surface area contributed by atoms with Gasteiger partial charge in [-0.1, -0.05) is 29.3 Å². The van der Waals surface area contributed by atoms with Crippen LogP contribution in [0.4, 0.5) is 0 Å². The molecule has 1 aromatic heterocycles. The maximum absolute atomic E-state index is 12.5. The molecule has 0 N–H and O–H groups in total. The Morgan fingerprint density at radius 2 is 2.11 bits per heavy atom. The van der Waals surface area contributed by atoms with Crippen molar-refractivity contribution < 1.29 is 4.79 Å². The van der Waals surface area contributed by atoms with Crippen LogP contribution in [0.3, 0.4) is 0 Å². The van der Waals surface area contributed by atoms with Crippen LogP contribution in [0.5, 0.6) is 0 Å². The number of carbonyl (C=O) groups is 1. The lowest BCUT2D eigenvalue weighted by molar-refractivity contribution is 0.105. The zero-order valence-corrected chi connectivity index (χ0v) is 12.0. The number of hydrogen-bond acceptors (Lipinski definition) is 2. The van der Waals surface area contributed by atoms with Gasteiger partial charge in [0.2, 0.25) is 5.78 Å². The monoisotopic (exact) mass is 294 g/mol. The van der Waals surface area contributed by atoms with Crippen molar-refractivity contribution in [3.8, 4) is 0 Å². The van der Waals surface area contributed by atoms with E-state index in [9.17, 15) is 4.79 Å². The van der Waals surface area contributed by atoms with Crippen LogP contribution in [0, 0.1) is 6.92 Å². The van der Waals surface area contributed by atoms with E-state index in [1.807, 2.05) is 6.92 Å². The van der Waals surface area contributed by atoms with Crippen molar-refractivity contribution in [2.24, 2.45) is 0 Å². The molecule has 1 heterocycles. The third-order valence-electron chi connectivity index (χ3n) is 2.77. The van der Waals surface area contributed by atoms with Crippen molar-refractivity contribution in [3.05, 3.63) is 58.1 Å². The minimum absolute atomic E-state index is 0.162. The van der Waals surface area contributed by atoms with Crippen LogP contribution >= 0.6 is 23.2 Å². The third-order valence-corrected chi connectivity index (χ3v) is 3.31. The second kappa shape index (κ2) is 5.59. The lowest BCUT2D eigenvalue weighted by Gasteiger charge is -2.10. The molecule has 98 valence electrons. The first-order chi connectivity index (χ1) is 9.04. The molecule has 5 heteroatoms. The van der Waals surface area contributed by atoms with E-state index in [1.54, 1.807) is 48.2 Å². The average Bonchev–Trinajstić information content (AvgIpc) is 2.76. The van der Waals surface area contributed by atoms with Crippen molar-refractivity contribution >= 4 is 34.7 Å². The molecule has 3 nitrogen and oxygen atoms in total. The number of aryl methyl sites for hydroxylation is 1. The number of benzene rings is 1. The molecule has 2 rings (SSSR count). The fourth-order valence-electron chi connectivity index (χ4n) is 1.82. The predicted octanol–water partition coefficient (Wildman–Crippen LogP) is 4.24. The summed E-state index contributed by atoms with van der Waals surface area (Å²) in [6, 6.07) is 4.84. The van der Waals surface area contributed by atoms with Crippen LogP contribution in [0.1, 0.15) is 23.1 Å². The molecule has 1 aromatic carbocycles. The van der Waals surface area contributed by atoms with Crippen molar-refractivity contribution in [1.29, 1.82) is 0 Å². The number of aromatic nitrogens is 2. The number of nitrogens with zero attached hydrogens (tertiary/aromatic N) is 2. The minimum Gasteiger partial charge on any atom is -0.300 e. The first-order valence-electron chi connectivity index (χ1n) is 5.71. The lowest BCUT2D eigenvalue weighted by Crippen LogP contribution is -2.10. The average molecular weight is 295 g/mol. The molecule has 0 saturated heterocycles. The Balaban J connectivity index is 2.46. The fourth-order valence-corrected chi connectivity index (χ4v) is 2.32. The van der Waals surface area contributed by atoms with E-state index in [0.29, 0.717) is 21.3 Å². The maximum atomic E-state index is 12.5. The first-order valence-corrected chi connectivity index (χ1v) is 6.46. The van der Waals surface area contributed by atoms with Gasteiger partial charge in [-0.2, -0.15) is 0 Å². The number of allylic oxidation sites excluding steroid dienone is 2. The quantitative estimate of drug-likeness (QED) is 0.627. The predicted molar refractivity (Wildman–Crippen MR) is 77.7 cm³/mol. The highest BCUT2D eigenvalue weighted by Gasteiger charge is 2.17. The Morgan fingerprint density at radius 1 is 1.37 bits per heavy atom. The van der Waals surface area contributed by atoms with E-state index in [0.717, 1.165) is 5.82 Å². The van der Waals surface area contributed by atoms with E-state index >= 15 is 0 Å². The summed E-state index contributed by atoms with van der Waals surface area (Å²) in [5, 5.41) is 0.844. The number of carbonyl (C=O) groups excluding carboxylic acids is 1. The Hall–Kier alpha value is -1.58. The van der Waals surface area contributed by atoms with Gasteiger partial charge >= 0.3 is 0 Å². The second-order valence-corrected chi connectivity index (χ2v) is 4.82. The van der Waals surface area contributed by atoms with Gasteiger partial charge < -0.3 is 4.57 Å². The van der Waals surface area contributed by atoms with Gasteiger partial charge in [0.15, 0.2) is 0 Å². The molecule has 0 aliphatic rings. The summed E-state index contributed by atoms with van der Waals surface area (Å²) in [6.45, 7) is 3.64. The highest BCUT2D eigenvalue weighted by atomic mass is 35.5. The number of halogens is 2. The minimum atomic E-state index is -0.162. The van der Waals surface area contributed by atoms with Gasteiger partial charge in [0.05, 0.1) is 10.7 Å². The van der Waals surface area contributed by atoms with E-state index < -0.39 is 0 Å². The largest absolute Gasteiger partial charge is 0.300 e. The van der Waals surface area contributed by atoms with Crippen molar-refractivity contribution in [1.82, 2.24) is 9.55 Å². The smallest absolute Gasteiger partial charge is 0.210 e. The second-order valence-electron chi connectivity index (χ2n) is 3.97. The van der Waals surface area contributed by atoms with E-state index in [4.69, 9.17) is 23.2 Å². The molecule has 0 unspecified atom stereocenters. The molecule has 0 fully saturated rings. The summed E-state index contributed by atoms with van der Waals surface area (Å²) in [6.07, 6.45) is 5.13. The van der Waals surface area contributed by atoms with Crippen LogP contribution in [0.2, 0.25) is 10.0 Å². The molecule has 0 radical (unpaired) electrons. The molecule has 2 aromatic rings. The van der Waals surface area contributed by atoms with Gasteiger partial charge in [0.1, 0.15) is 5.82 Å².